The highest BCUT2D eigenvalue weighted by Gasteiger charge is 2.17. The lowest BCUT2D eigenvalue weighted by Gasteiger charge is -2.20. The van der Waals surface area contributed by atoms with E-state index in [1.165, 1.54) is 32.1 Å². The van der Waals surface area contributed by atoms with Crippen LogP contribution < -0.4 is 10.3 Å². The van der Waals surface area contributed by atoms with Gasteiger partial charge in [0.15, 0.2) is 5.16 Å². The predicted molar refractivity (Wildman–Crippen MR) is 98.9 cm³/mol. The van der Waals surface area contributed by atoms with Gasteiger partial charge in [0.1, 0.15) is 17.4 Å². The minimum absolute atomic E-state index is 0.0483. The lowest BCUT2D eigenvalue weighted by molar-refractivity contribution is 0.391. The Kier molecular flexibility index (Phi) is 5.77. The van der Waals surface area contributed by atoms with Gasteiger partial charge in [-0.05, 0) is 43.0 Å². The summed E-state index contributed by atoms with van der Waals surface area (Å²) >= 11 is 1.58. The molecule has 3 rings (SSSR count). The Morgan fingerprint density at radius 1 is 1.28 bits per heavy atom. The molecule has 0 bridgehead atoms. The van der Waals surface area contributed by atoms with Crippen molar-refractivity contribution in [3.63, 3.8) is 0 Å². The average Bonchev–Trinajstić information content (AvgIpc) is 2.67. The van der Waals surface area contributed by atoms with E-state index in [0.717, 1.165) is 17.1 Å². The van der Waals surface area contributed by atoms with Gasteiger partial charge >= 0.3 is 0 Å². The van der Waals surface area contributed by atoms with E-state index in [-0.39, 0.29) is 11.1 Å². The zero-order valence-electron chi connectivity index (χ0n) is 14.2. The smallest absolute Gasteiger partial charge is 0.270 e. The Balaban J connectivity index is 1.86. The van der Waals surface area contributed by atoms with Crippen molar-refractivity contribution in [2.24, 2.45) is 5.92 Å². The second kappa shape index (κ2) is 8.21. The second-order valence-electron chi connectivity index (χ2n) is 6.25. The number of methoxy groups -OCH3 is 1. The fraction of sp³-hybridized carbons (Fsp3) is 0.421. The van der Waals surface area contributed by atoms with Gasteiger partial charge in [0.25, 0.3) is 5.56 Å². The van der Waals surface area contributed by atoms with Crippen LogP contribution in [0.4, 0.5) is 0 Å². The van der Waals surface area contributed by atoms with Crippen LogP contribution in [-0.4, -0.2) is 22.8 Å². The lowest BCUT2D eigenvalue weighted by Crippen LogP contribution is -2.16. The third-order valence-electron chi connectivity index (χ3n) is 4.55. The molecule has 0 saturated heterocycles. The quantitative estimate of drug-likeness (QED) is 0.648. The Morgan fingerprint density at radius 2 is 2.00 bits per heavy atom. The number of benzene rings is 1. The van der Waals surface area contributed by atoms with Crippen molar-refractivity contribution >= 4 is 11.8 Å². The summed E-state index contributed by atoms with van der Waals surface area (Å²) in [4.78, 5) is 19.6. The van der Waals surface area contributed by atoms with Gasteiger partial charge in [0, 0.05) is 11.3 Å². The van der Waals surface area contributed by atoms with E-state index in [4.69, 9.17) is 4.74 Å². The van der Waals surface area contributed by atoms with Crippen LogP contribution in [-0.2, 0) is 0 Å². The van der Waals surface area contributed by atoms with Crippen molar-refractivity contribution < 1.29 is 4.74 Å². The molecule has 6 heteroatoms. The van der Waals surface area contributed by atoms with Crippen molar-refractivity contribution in [1.82, 2.24) is 9.97 Å². The van der Waals surface area contributed by atoms with Crippen molar-refractivity contribution in [2.45, 2.75) is 37.3 Å². The van der Waals surface area contributed by atoms with Crippen LogP contribution in [0.2, 0.25) is 0 Å². The number of aromatic nitrogens is 2. The van der Waals surface area contributed by atoms with Gasteiger partial charge in [-0.3, -0.25) is 4.79 Å². The number of hydrogen-bond acceptors (Lipinski definition) is 5. The monoisotopic (exact) mass is 355 g/mol. The van der Waals surface area contributed by atoms with Gasteiger partial charge in [0.2, 0.25) is 0 Å². The molecule has 25 heavy (non-hydrogen) atoms. The molecule has 1 heterocycles. The summed E-state index contributed by atoms with van der Waals surface area (Å²) in [5.41, 5.74) is 0.838. The molecular weight excluding hydrogens is 334 g/mol. The maximum Gasteiger partial charge on any atom is 0.270 e. The third kappa shape index (κ3) is 4.23. The van der Waals surface area contributed by atoms with Crippen LogP contribution in [0.15, 0.2) is 34.2 Å². The van der Waals surface area contributed by atoms with Crippen molar-refractivity contribution in [2.75, 3.05) is 12.9 Å². The van der Waals surface area contributed by atoms with Crippen LogP contribution >= 0.6 is 11.8 Å². The minimum atomic E-state index is -0.380. The summed E-state index contributed by atoms with van der Waals surface area (Å²) in [5.74, 6) is 2.36. The molecule has 1 aliphatic rings. The summed E-state index contributed by atoms with van der Waals surface area (Å²) < 4.78 is 5.16. The molecule has 130 valence electrons. The van der Waals surface area contributed by atoms with Gasteiger partial charge in [0.05, 0.1) is 12.8 Å². The molecule has 2 aromatic rings. The molecule has 0 spiro atoms. The number of nitrogens with one attached hydrogen (secondary N) is 1. The van der Waals surface area contributed by atoms with Crippen molar-refractivity contribution in [3.8, 4) is 23.1 Å². The molecule has 1 aliphatic carbocycles. The molecule has 1 aromatic heterocycles. The normalized spacial score (nSPS) is 14.9. The second-order valence-corrected chi connectivity index (χ2v) is 7.26. The van der Waals surface area contributed by atoms with E-state index < -0.39 is 0 Å². The summed E-state index contributed by atoms with van der Waals surface area (Å²) in [6.45, 7) is 0. The lowest BCUT2D eigenvalue weighted by atomic mass is 9.91. The summed E-state index contributed by atoms with van der Waals surface area (Å²) in [6.07, 6.45) is 6.41. The molecule has 0 aliphatic heterocycles. The average molecular weight is 355 g/mol. The van der Waals surface area contributed by atoms with Crippen molar-refractivity contribution in [1.29, 1.82) is 5.26 Å². The molecule has 0 atom stereocenters. The highest BCUT2D eigenvalue weighted by atomic mass is 32.2. The van der Waals surface area contributed by atoms with Crippen LogP contribution in [0.3, 0.4) is 0 Å². The predicted octanol–water partition coefficient (Wildman–Crippen LogP) is 3.99. The van der Waals surface area contributed by atoms with Crippen LogP contribution in [0.25, 0.3) is 11.3 Å². The fourth-order valence-electron chi connectivity index (χ4n) is 3.13. The van der Waals surface area contributed by atoms with E-state index in [0.29, 0.717) is 16.8 Å². The third-order valence-corrected chi connectivity index (χ3v) is 5.66. The first-order valence-electron chi connectivity index (χ1n) is 8.53. The zero-order chi connectivity index (χ0) is 17.6. The number of hydrogen-bond donors (Lipinski definition) is 1. The summed E-state index contributed by atoms with van der Waals surface area (Å²) in [7, 11) is 1.60. The largest absolute Gasteiger partial charge is 0.497 e. The van der Waals surface area contributed by atoms with Crippen molar-refractivity contribution in [3.05, 3.63) is 40.2 Å². The fourth-order valence-corrected chi connectivity index (χ4v) is 4.18. The summed E-state index contributed by atoms with van der Waals surface area (Å²) in [5, 5.41) is 9.93. The molecule has 1 saturated carbocycles. The minimum Gasteiger partial charge on any atom is -0.497 e. The van der Waals surface area contributed by atoms with Gasteiger partial charge in [-0.1, -0.05) is 31.0 Å². The number of ether oxygens (including phenoxy) is 1. The van der Waals surface area contributed by atoms with E-state index in [1.807, 2.05) is 18.2 Å². The number of aromatic amines is 1. The Labute approximate surface area is 151 Å². The molecule has 0 unspecified atom stereocenters. The number of thioether (sulfide) groups is 1. The Bertz CT molecular complexity index is 818. The molecule has 1 aromatic carbocycles. The maximum absolute atomic E-state index is 12.3. The van der Waals surface area contributed by atoms with E-state index in [2.05, 4.69) is 9.97 Å². The number of rotatable bonds is 5. The molecule has 1 fully saturated rings. The summed E-state index contributed by atoms with van der Waals surface area (Å²) in [6, 6.07) is 9.21. The van der Waals surface area contributed by atoms with Gasteiger partial charge in [-0.2, -0.15) is 5.26 Å². The highest BCUT2D eigenvalue weighted by Crippen LogP contribution is 2.29. The Morgan fingerprint density at radius 3 is 2.64 bits per heavy atom. The van der Waals surface area contributed by atoms with Crippen LogP contribution in [0, 0.1) is 17.2 Å². The standard InChI is InChI=1S/C19H21N3O2S/c1-24-15-9-7-14(8-10-15)17-16(11-20)18(23)22-19(21-17)25-12-13-5-3-2-4-6-13/h7-10,13H,2-6,12H2,1H3,(H,21,22,23). The van der Waals surface area contributed by atoms with E-state index in [9.17, 15) is 10.1 Å². The van der Waals surface area contributed by atoms with Gasteiger partial charge in [-0.15, -0.1) is 0 Å². The van der Waals surface area contributed by atoms with Gasteiger partial charge < -0.3 is 9.72 Å². The molecule has 5 nitrogen and oxygen atoms in total. The number of H-pyrrole nitrogens is 1. The SMILES string of the molecule is COc1ccc(-c2nc(SCC3CCCCC3)[nH]c(=O)c2C#N)cc1. The first-order valence-corrected chi connectivity index (χ1v) is 9.51. The van der Waals surface area contributed by atoms with Gasteiger partial charge in [-0.25, -0.2) is 4.98 Å². The highest BCUT2D eigenvalue weighted by molar-refractivity contribution is 7.99. The maximum atomic E-state index is 12.3. The topological polar surface area (TPSA) is 78.8 Å². The molecule has 1 N–H and O–H groups in total. The van der Waals surface area contributed by atoms with Crippen LogP contribution in [0.1, 0.15) is 37.7 Å². The van der Waals surface area contributed by atoms with E-state index in [1.54, 1.807) is 31.0 Å². The zero-order valence-corrected chi connectivity index (χ0v) is 15.1. The molecular formula is C19H21N3O2S. The van der Waals surface area contributed by atoms with Crippen LogP contribution in [0.5, 0.6) is 5.75 Å². The Hall–Kier alpha value is -2.26. The number of nitriles is 1. The van der Waals surface area contributed by atoms with E-state index >= 15 is 0 Å². The molecule has 0 amide bonds. The number of nitrogens with zero attached hydrogens (tertiary/aromatic N) is 2. The first-order chi connectivity index (χ1) is 12.2. The first kappa shape index (κ1) is 17.6. The molecule has 0 radical (unpaired) electrons.